The Bertz CT molecular complexity index is 714. The third-order valence-electron chi connectivity index (χ3n) is 5.17. The molecule has 7 nitrogen and oxygen atoms in total. The second kappa shape index (κ2) is 7.68. The SMILES string of the molecule is CN(C(=O)c1cc(NC2CCCCCC2)ncn1)C1CCS(=O)(=O)C1. The number of hydrogen-bond donors (Lipinski definition) is 1. The van der Waals surface area contributed by atoms with Crippen LogP contribution in [-0.4, -0.2) is 59.8 Å². The van der Waals surface area contributed by atoms with Crippen molar-refractivity contribution in [1.29, 1.82) is 0 Å². The van der Waals surface area contributed by atoms with Gasteiger partial charge in [-0.2, -0.15) is 0 Å². The molecule has 1 amide bonds. The first-order valence-electron chi connectivity index (χ1n) is 9.01. The molecule has 1 N–H and O–H groups in total. The molecule has 1 saturated carbocycles. The van der Waals surface area contributed by atoms with Crippen LogP contribution in [0.3, 0.4) is 0 Å². The number of hydrogen-bond acceptors (Lipinski definition) is 6. The summed E-state index contributed by atoms with van der Waals surface area (Å²) in [5, 5.41) is 3.42. The number of anilines is 1. The molecule has 1 atom stereocenters. The van der Waals surface area contributed by atoms with E-state index in [1.807, 2.05) is 0 Å². The Balaban J connectivity index is 1.66. The number of carbonyl (C=O) groups is 1. The molecule has 1 saturated heterocycles. The highest BCUT2D eigenvalue weighted by Crippen LogP contribution is 2.21. The van der Waals surface area contributed by atoms with Gasteiger partial charge in [0.1, 0.15) is 17.8 Å². The van der Waals surface area contributed by atoms with E-state index in [1.54, 1.807) is 13.1 Å². The molecule has 8 heteroatoms. The topological polar surface area (TPSA) is 92.3 Å². The minimum atomic E-state index is -3.03. The third-order valence-corrected chi connectivity index (χ3v) is 6.92. The number of rotatable bonds is 4. The van der Waals surface area contributed by atoms with Crippen LogP contribution in [0.5, 0.6) is 0 Å². The molecule has 0 bridgehead atoms. The van der Waals surface area contributed by atoms with Gasteiger partial charge in [0.25, 0.3) is 5.91 Å². The van der Waals surface area contributed by atoms with E-state index in [9.17, 15) is 13.2 Å². The van der Waals surface area contributed by atoms with Crippen molar-refractivity contribution >= 4 is 21.6 Å². The van der Waals surface area contributed by atoms with Crippen LogP contribution in [0.25, 0.3) is 0 Å². The van der Waals surface area contributed by atoms with Gasteiger partial charge in [-0.3, -0.25) is 4.79 Å². The summed E-state index contributed by atoms with van der Waals surface area (Å²) in [6.45, 7) is 0. The molecule has 1 unspecified atom stereocenters. The summed E-state index contributed by atoms with van der Waals surface area (Å²) in [5.74, 6) is 0.590. The zero-order chi connectivity index (χ0) is 17.9. The maximum Gasteiger partial charge on any atom is 0.272 e. The standard InChI is InChI=1S/C17H26N4O3S/c1-21(14-8-9-25(23,24)11-14)17(22)15-10-16(19-12-18-15)20-13-6-4-2-3-5-7-13/h10,12-14H,2-9,11H2,1H3,(H,18,19,20). The molecule has 1 aromatic heterocycles. The molecule has 0 aromatic carbocycles. The van der Waals surface area contributed by atoms with Gasteiger partial charge in [-0.25, -0.2) is 18.4 Å². The Morgan fingerprint density at radius 3 is 2.52 bits per heavy atom. The van der Waals surface area contributed by atoms with Gasteiger partial charge in [0.2, 0.25) is 0 Å². The zero-order valence-electron chi connectivity index (χ0n) is 14.6. The molecule has 138 valence electrons. The normalized spacial score (nSPS) is 23.8. The fourth-order valence-electron chi connectivity index (χ4n) is 3.61. The Kier molecular flexibility index (Phi) is 5.56. The maximum atomic E-state index is 12.7. The quantitative estimate of drug-likeness (QED) is 0.818. The van der Waals surface area contributed by atoms with Gasteiger partial charge in [0.05, 0.1) is 11.5 Å². The highest BCUT2D eigenvalue weighted by molar-refractivity contribution is 7.91. The largest absolute Gasteiger partial charge is 0.367 e. The van der Waals surface area contributed by atoms with E-state index < -0.39 is 9.84 Å². The maximum absolute atomic E-state index is 12.7. The van der Waals surface area contributed by atoms with Crippen molar-refractivity contribution in [3.8, 4) is 0 Å². The van der Waals surface area contributed by atoms with E-state index in [0.717, 1.165) is 12.8 Å². The van der Waals surface area contributed by atoms with Crippen molar-refractivity contribution in [2.45, 2.75) is 57.0 Å². The van der Waals surface area contributed by atoms with Gasteiger partial charge in [-0.1, -0.05) is 25.7 Å². The van der Waals surface area contributed by atoms with Gasteiger partial charge in [0, 0.05) is 25.2 Å². The zero-order valence-corrected chi connectivity index (χ0v) is 15.5. The van der Waals surface area contributed by atoms with Crippen molar-refractivity contribution in [2.24, 2.45) is 0 Å². The summed E-state index contributed by atoms with van der Waals surface area (Å²) in [7, 11) is -1.38. The lowest BCUT2D eigenvalue weighted by atomic mass is 10.1. The van der Waals surface area contributed by atoms with E-state index in [0.29, 0.717) is 24.0 Å². The van der Waals surface area contributed by atoms with Crippen LogP contribution in [0.2, 0.25) is 0 Å². The van der Waals surface area contributed by atoms with Gasteiger partial charge in [-0.15, -0.1) is 0 Å². The lowest BCUT2D eigenvalue weighted by molar-refractivity contribution is 0.0741. The number of carbonyl (C=O) groups excluding carboxylic acids is 1. The summed E-state index contributed by atoms with van der Waals surface area (Å²) in [6.07, 6.45) is 9.11. The molecular formula is C17H26N4O3S. The van der Waals surface area contributed by atoms with E-state index in [1.165, 1.54) is 36.9 Å². The number of amides is 1. The van der Waals surface area contributed by atoms with Crippen LogP contribution in [-0.2, 0) is 9.84 Å². The lowest BCUT2D eigenvalue weighted by Crippen LogP contribution is -2.38. The lowest BCUT2D eigenvalue weighted by Gasteiger charge is -2.23. The molecular weight excluding hydrogens is 340 g/mol. The van der Waals surface area contributed by atoms with E-state index in [-0.39, 0.29) is 23.5 Å². The first-order chi connectivity index (χ1) is 11.9. The molecule has 1 aromatic rings. The Morgan fingerprint density at radius 2 is 1.88 bits per heavy atom. The van der Waals surface area contributed by atoms with E-state index in [2.05, 4.69) is 15.3 Å². The summed E-state index contributed by atoms with van der Waals surface area (Å²) in [6, 6.07) is 1.79. The van der Waals surface area contributed by atoms with Crippen LogP contribution >= 0.6 is 0 Å². The molecule has 3 rings (SSSR count). The highest BCUT2D eigenvalue weighted by Gasteiger charge is 2.33. The molecule has 1 aliphatic carbocycles. The van der Waals surface area contributed by atoms with Gasteiger partial charge < -0.3 is 10.2 Å². The molecule has 2 fully saturated rings. The van der Waals surface area contributed by atoms with E-state index in [4.69, 9.17) is 0 Å². The number of nitrogens with one attached hydrogen (secondary N) is 1. The third kappa shape index (κ3) is 4.68. The first-order valence-corrected chi connectivity index (χ1v) is 10.8. The van der Waals surface area contributed by atoms with Crippen molar-refractivity contribution in [3.05, 3.63) is 18.1 Å². The second-order valence-corrected chi connectivity index (χ2v) is 9.32. The fraction of sp³-hybridized carbons (Fsp3) is 0.706. The second-order valence-electron chi connectivity index (χ2n) is 7.09. The molecule has 0 spiro atoms. The van der Waals surface area contributed by atoms with Crippen LogP contribution in [0.1, 0.15) is 55.4 Å². The fourth-order valence-corrected chi connectivity index (χ4v) is 5.39. The van der Waals surface area contributed by atoms with Crippen molar-refractivity contribution < 1.29 is 13.2 Å². The predicted octanol–water partition coefficient (Wildman–Crippen LogP) is 1.87. The minimum absolute atomic E-state index is 0.0352. The summed E-state index contributed by atoms with van der Waals surface area (Å²) >= 11 is 0. The van der Waals surface area contributed by atoms with Gasteiger partial charge >= 0.3 is 0 Å². The van der Waals surface area contributed by atoms with Gasteiger partial charge in [0.15, 0.2) is 9.84 Å². The average Bonchev–Trinajstić information content (AvgIpc) is 2.79. The molecule has 2 heterocycles. The van der Waals surface area contributed by atoms with Crippen LogP contribution in [0, 0.1) is 0 Å². The van der Waals surface area contributed by atoms with Crippen molar-refractivity contribution in [3.63, 3.8) is 0 Å². The summed E-state index contributed by atoms with van der Waals surface area (Å²) < 4.78 is 23.3. The van der Waals surface area contributed by atoms with Gasteiger partial charge in [-0.05, 0) is 19.3 Å². The van der Waals surface area contributed by atoms with E-state index >= 15 is 0 Å². The van der Waals surface area contributed by atoms with Crippen LogP contribution < -0.4 is 5.32 Å². The Hall–Kier alpha value is -1.70. The number of nitrogens with zero attached hydrogens (tertiary/aromatic N) is 3. The molecule has 1 aliphatic heterocycles. The molecule has 2 aliphatic rings. The number of aromatic nitrogens is 2. The minimum Gasteiger partial charge on any atom is -0.367 e. The van der Waals surface area contributed by atoms with Crippen LogP contribution in [0.4, 0.5) is 5.82 Å². The van der Waals surface area contributed by atoms with Crippen LogP contribution in [0.15, 0.2) is 12.4 Å². The van der Waals surface area contributed by atoms with Crippen molar-refractivity contribution in [2.75, 3.05) is 23.9 Å². The summed E-state index contributed by atoms with van der Waals surface area (Å²) in [5.41, 5.74) is 0.304. The van der Waals surface area contributed by atoms with Crippen molar-refractivity contribution in [1.82, 2.24) is 14.9 Å². The number of sulfone groups is 1. The monoisotopic (exact) mass is 366 g/mol. The Labute approximate surface area is 149 Å². The molecule has 25 heavy (non-hydrogen) atoms. The molecule has 0 radical (unpaired) electrons. The average molecular weight is 366 g/mol. The smallest absolute Gasteiger partial charge is 0.272 e. The highest BCUT2D eigenvalue weighted by atomic mass is 32.2. The summed E-state index contributed by atoms with van der Waals surface area (Å²) in [4.78, 5) is 22.5. The predicted molar refractivity (Wildman–Crippen MR) is 96.3 cm³/mol. The first kappa shape index (κ1) is 18.1. The Morgan fingerprint density at radius 1 is 1.16 bits per heavy atom.